The standard InChI is InChI=1S/C70H48N2/c1-2-21-55(22-3-1)72-67-31-13-12-29-65(67)70-68(72)46-53-18-6-9-26-62(53)69(70)54-20-14-23-58(44-54)71(57-42-38-51(39-43-57)66-45-52-17-5-8-25-61(52)63-27-10-11-28-64(63)66)56-40-36-48(37-41-56)47-32-34-50(35-33-47)60-30-15-19-49-16-4-7-24-59(49)60/h1-6,8-23,25-46H,7,24H2. The third-order valence-corrected chi connectivity index (χ3v) is 15.0. The van der Waals surface area contributed by atoms with Gasteiger partial charge < -0.3 is 9.47 Å². The van der Waals surface area contributed by atoms with E-state index in [2.05, 4.69) is 276 Å². The summed E-state index contributed by atoms with van der Waals surface area (Å²) in [4.78, 5) is 2.42. The van der Waals surface area contributed by atoms with Gasteiger partial charge in [-0.2, -0.15) is 0 Å². The number of hydrogen-bond donors (Lipinski definition) is 0. The zero-order chi connectivity index (χ0) is 47.5. The number of nitrogens with zero attached hydrogens (tertiary/aromatic N) is 2. The zero-order valence-corrected chi connectivity index (χ0v) is 39.7. The highest BCUT2D eigenvalue weighted by Gasteiger charge is 2.22. The molecular weight excluding hydrogens is 869 g/mol. The molecule has 0 saturated heterocycles. The van der Waals surface area contributed by atoms with Crippen LogP contribution in [0.1, 0.15) is 17.5 Å². The summed E-state index contributed by atoms with van der Waals surface area (Å²) >= 11 is 0. The summed E-state index contributed by atoms with van der Waals surface area (Å²) in [5, 5.41) is 9.98. The Bertz CT molecular complexity index is 4240. The number of aromatic nitrogens is 1. The van der Waals surface area contributed by atoms with Gasteiger partial charge in [0, 0.05) is 33.5 Å². The first-order chi connectivity index (χ1) is 35.7. The second-order valence-corrected chi connectivity index (χ2v) is 19.1. The molecule has 72 heavy (non-hydrogen) atoms. The van der Waals surface area contributed by atoms with E-state index in [1.165, 1.54) is 110 Å². The minimum absolute atomic E-state index is 1.08. The maximum absolute atomic E-state index is 2.43. The Hall–Kier alpha value is -9.24. The lowest BCUT2D eigenvalue weighted by Gasteiger charge is -2.27. The second kappa shape index (κ2) is 17.3. The molecule has 1 aromatic heterocycles. The van der Waals surface area contributed by atoms with Crippen molar-refractivity contribution in [3.8, 4) is 50.2 Å². The Morgan fingerprint density at radius 1 is 0.347 bits per heavy atom. The fourth-order valence-corrected chi connectivity index (χ4v) is 11.7. The van der Waals surface area contributed by atoms with Gasteiger partial charge in [0.1, 0.15) is 0 Å². The molecule has 0 fully saturated rings. The fourth-order valence-electron chi connectivity index (χ4n) is 11.7. The summed E-state index contributed by atoms with van der Waals surface area (Å²) in [6.45, 7) is 0. The average molecular weight is 917 g/mol. The summed E-state index contributed by atoms with van der Waals surface area (Å²) in [6, 6.07) is 94.0. The molecular formula is C70H48N2. The maximum Gasteiger partial charge on any atom is 0.0553 e. The molecule has 0 saturated carbocycles. The van der Waals surface area contributed by atoms with Crippen molar-refractivity contribution in [1.82, 2.24) is 4.57 Å². The number of benzene rings is 12. The summed E-state index contributed by atoms with van der Waals surface area (Å²) in [7, 11) is 0. The third-order valence-electron chi connectivity index (χ3n) is 15.0. The monoisotopic (exact) mass is 916 g/mol. The molecule has 0 atom stereocenters. The van der Waals surface area contributed by atoms with E-state index in [0.29, 0.717) is 0 Å². The quantitative estimate of drug-likeness (QED) is 0.138. The van der Waals surface area contributed by atoms with Crippen LogP contribution in [0.4, 0.5) is 17.1 Å². The number of anilines is 3. The van der Waals surface area contributed by atoms with E-state index in [4.69, 9.17) is 0 Å². The number of hydrogen-bond acceptors (Lipinski definition) is 1. The molecule has 13 aromatic rings. The van der Waals surface area contributed by atoms with Crippen molar-refractivity contribution in [2.45, 2.75) is 12.8 Å². The van der Waals surface area contributed by atoms with Gasteiger partial charge in [-0.15, -0.1) is 0 Å². The summed E-state index contributed by atoms with van der Waals surface area (Å²) < 4.78 is 2.43. The summed E-state index contributed by atoms with van der Waals surface area (Å²) in [6.07, 6.45) is 6.73. The van der Waals surface area contributed by atoms with Crippen LogP contribution in [0, 0.1) is 0 Å². The van der Waals surface area contributed by atoms with Gasteiger partial charge in [0.05, 0.1) is 11.0 Å². The molecule has 0 spiro atoms. The lowest BCUT2D eigenvalue weighted by atomic mass is 9.89. The van der Waals surface area contributed by atoms with Crippen molar-refractivity contribution in [3.05, 3.63) is 272 Å². The maximum atomic E-state index is 2.43. The van der Waals surface area contributed by atoms with E-state index in [9.17, 15) is 0 Å². The second-order valence-electron chi connectivity index (χ2n) is 19.1. The highest BCUT2D eigenvalue weighted by Crippen LogP contribution is 2.46. The van der Waals surface area contributed by atoms with E-state index >= 15 is 0 Å². The van der Waals surface area contributed by atoms with E-state index < -0.39 is 0 Å². The molecule has 338 valence electrons. The average Bonchev–Trinajstić information content (AvgIpc) is 3.78. The van der Waals surface area contributed by atoms with Gasteiger partial charge in [-0.1, -0.05) is 200 Å². The number of para-hydroxylation sites is 2. The van der Waals surface area contributed by atoms with Crippen molar-refractivity contribution in [3.63, 3.8) is 0 Å². The van der Waals surface area contributed by atoms with Crippen molar-refractivity contribution < 1.29 is 0 Å². The van der Waals surface area contributed by atoms with Gasteiger partial charge in [0.25, 0.3) is 0 Å². The predicted molar refractivity (Wildman–Crippen MR) is 307 cm³/mol. The van der Waals surface area contributed by atoms with Crippen LogP contribution < -0.4 is 4.90 Å². The molecule has 1 aliphatic carbocycles. The minimum Gasteiger partial charge on any atom is -0.310 e. The van der Waals surface area contributed by atoms with E-state index in [0.717, 1.165) is 35.6 Å². The molecule has 14 rings (SSSR count). The topological polar surface area (TPSA) is 8.17 Å². The van der Waals surface area contributed by atoms with Crippen molar-refractivity contribution in [2.24, 2.45) is 0 Å². The van der Waals surface area contributed by atoms with Gasteiger partial charge in [-0.25, -0.2) is 0 Å². The number of allylic oxidation sites excluding steroid dienone is 1. The van der Waals surface area contributed by atoms with Gasteiger partial charge in [-0.05, 0) is 168 Å². The van der Waals surface area contributed by atoms with Crippen molar-refractivity contribution >= 4 is 77.3 Å². The molecule has 0 bridgehead atoms. The Kier molecular flexibility index (Phi) is 10.0. The first-order valence-electron chi connectivity index (χ1n) is 25.1. The zero-order valence-electron chi connectivity index (χ0n) is 39.7. The summed E-state index contributed by atoms with van der Waals surface area (Å²) in [5.41, 5.74) is 19.4. The third kappa shape index (κ3) is 7.02. The molecule has 2 nitrogen and oxygen atoms in total. The lowest BCUT2D eigenvalue weighted by molar-refractivity contribution is 0.988. The first kappa shape index (κ1) is 41.7. The molecule has 0 aliphatic heterocycles. The predicted octanol–water partition coefficient (Wildman–Crippen LogP) is 19.3. The first-order valence-corrected chi connectivity index (χ1v) is 25.1. The Morgan fingerprint density at radius 3 is 1.69 bits per heavy atom. The minimum atomic E-state index is 1.08. The fraction of sp³-hybridized carbons (Fsp3) is 0.0286. The van der Waals surface area contributed by atoms with Crippen LogP contribution in [-0.4, -0.2) is 4.57 Å². The largest absolute Gasteiger partial charge is 0.310 e. The molecule has 0 N–H and O–H groups in total. The molecule has 12 aromatic carbocycles. The number of fused-ring (bicyclic) bond motifs is 8. The SMILES string of the molecule is C1=Cc2cccc(-c3ccc(-c4ccc(N(c5ccc(-c6cc7ccccc7c7ccccc67)cc5)c5cccc(-c6c7ccccc7cc7c6c6ccccc6n7-c6ccccc6)c5)cc4)cc3)c2CC1. The van der Waals surface area contributed by atoms with Crippen LogP contribution in [0.2, 0.25) is 0 Å². The van der Waals surface area contributed by atoms with Gasteiger partial charge in [0.15, 0.2) is 0 Å². The number of rotatable bonds is 8. The molecule has 1 aliphatic rings. The van der Waals surface area contributed by atoms with Gasteiger partial charge >= 0.3 is 0 Å². The van der Waals surface area contributed by atoms with E-state index in [-0.39, 0.29) is 0 Å². The van der Waals surface area contributed by atoms with Crippen molar-refractivity contribution in [2.75, 3.05) is 4.90 Å². The molecule has 0 amide bonds. The van der Waals surface area contributed by atoms with Crippen LogP contribution in [0.25, 0.3) is 110 Å². The van der Waals surface area contributed by atoms with Crippen LogP contribution in [-0.2, 0) is 6.42 Å². The van der Waals surface area contributed by atoms with Gasteiger partial charge in [0.2, 0.25) is 0 Å². The molecule has 0 unspecified atom stereocenters. The van der Waals surface area contributed by atoms with Crippen molar-refractivity contribution in [1.29, 1.82) is 0 Å². The van der Waals surface area contributed by atoms with E-state index in [1.54, 1.807) is 0 Å². The molecule has 1 heterocycles. The molecule has 0 radical (unpaired) electrons. The van der Waals surface area contributed by atoms with E-state index in [1.807, 2.05) is 0 Å². The van der Waals surface area contributed by atoms with Crippen LogP contribution in [0.3, 0.4) is 0 Å². The van der Waals surface area contributed by atoms with Gasteiger partial charge in [-0.3, -0.25) is 0 Å². The highest BCUT2D eigenvalue weighted by molar-refractivity contribution is 6.23. The Balaban J connectivity index is 0.913. The normalized spacial score (nSPS) is 12.3. The smallest absolute Gasteiger partial charge is 0.0553 e. The van der Waals surface area contributed by atoms with Crippen LogP contribution in [0.5, 0.6) is 0 Å². The molecule has 2 heteroatoms. The summed E-state index contributed by atoms with van der Waals surface area (Å²) in [5.74, 6) is 0. The Labute approximate surface area is 419 Å². The highest BCUT2D eigenvalue weighted by atomic mass is 15.1. The lowest BCUT2D eigenvalue weighted by Crippen LogP contribution is -2.10. The Morgan fingerprint density at radius 2 is 0.931 bits per heavy atom. The van der Waals surface area contributed by atoms with Crippen LogP contribution in [0.15, 0.2) is 261 Å². The van der Waals surface area contributed by atoms with Crippen LogP contribution >= 0.6 is 0 Å².